The lowest BCUT2D eigenvalue weighted by atomic mass is 9.97. The zero-order valence-corrected chi connectivity index (χ0v) is 14.0. The molecule has 0 aliphatic heterocycles. The zero-order valence-electron chi connectivity index (χ0n) is 12.4. The summed E-state index contributed by atoms with van der Waals surface area (Å²) in [6, 6.07) is 1.76. The fourth-order valence-electron chi connectivity index (χ4n) is 2.40. The second-order valence-corrected chi connectivity index (χ2v) is 6.29. The van der Waals surface area contributed by atoms with E-state index in [2.05, 4.69) is 35.9 Å². The van der Waals surface area contributed by atoms with E-state index in [9.17, 15) is 5.11 Å². The summed E-state index contributed by atoms with van der Waals surface area (Å²) >= 11 is 3.34. The van der Waals surface area contributed by atoms with Crippen LogP contribution in [0.4, 0.5) is 5.95 Å². The van der Waals surface area contributed by atoms with Crippen molar-refractivity contribution in [2.45, 2.75) is 26.3 Å². The SMILES string of the molecule is Cc1ccnc(C(C)(C)n2cnc3c(Br)nc(N)nc32)c1O. The first-order valence-electron chi connectivity index (χ1n) is 6.64. The van der Waals surface area contributed by atoms with Crippen molar-refractivity contribution in [3.63, 3.8) is 0 Å². The van der Waals surface area contributed by atoms with E-state index in [1.54, 1.807) is 18.6 Å². The summed E-state index contributed by atoms with van der Waals surface area (Å²) < 4.78 is 2.36. The molecule has 8 heteroatoms. The van der Waals surface area contributed by atoms with Crippen LogP contribution in [-0.4, -0.2) is 29.6 Å². The largest absolute Gasteiger partial charge is 0.506 e. The third-order valence-corrected chi connectivity index (χ3v) is 4.23. The number of rotatable bonds is 2. The number of fused-ring (bicyclic) bond motifs is 1. The normalized spacial score (nSPS) is 12.0. The van der Waals surface area contributed by atoms with Gasteiger partial charge in [-0.3, -0.25) is 4.98 Å². The van der Waals surface area contributed by atoms with Crippen molar-refractivity contribution in [2.75, 3.05) is 5.73 Å². The number of anilines is 1. The van der Waals surface area contributed by atoms with Gasteiger partial charge in [-0.05, 0) is 48.3 Å². The molecule has 22 heavy (non-hydrogen) atoms. The Morgan fingerprint density at radius 2 is 2.00 bits per heavy atom. The molecule has 3 N–H and O–H groups in total. The molecule has 3 aromatic heterocycles. The molecule has 0 aromatic carbocycles. The van der Waals surface area contributed by atoms with Gasteiger partial charge >= 0.3 is 0 Å². The van der Waals surface area contributed by atoms with E-state index in [0.717, 1.165) is 5.56 Å². The van der Waals surface area contributed by atoms with Gasteiger partial charge in [-0.2, -0.15) is 4.98 Å². The smallest absolute Gasteiger partial charge is 0.223 e. The number of aromatic hydroxyl groups is 1. The number of pyridine rings is 1. The Bertz CT molecular complexity index is 873. The number of imidazole rings is 1. The molecule has 0 unspecified atom stereocenters. The van der Waals surface area contributed by atoms with Crippen molar-refractivity contribution in [2.24, 2.45) is 0 Å². The second kappa shape index (κ2) is 4.91. The number of hydrogen-bond donors (Lipinski definition) is 2. The predicted molar refractivity (Wildman–Crippen MR) is 86.5 cm³/mol. The maximum absolute atomic E-state index is 10.4. The van der Waals surface area contributed by atoms with Crippen molar-refractivity contribution in [3.8, 4) is 5.75 Å². The first-order chi connectivity index (χ1) is 10.3. The van der Waals surface area contributed by atoms with Crippen LogP contribution in [0.2, 0.25) is 0 Å². The van der Waals surface area contributed by atoms with Crippen LogP contribution in [0.3, 0.4) is 0 Å². The van der Waals surface area contributed by atoms with Crippen molar-refractivity contribution < 1.29 is 5.11 Å². The molecule has 0 bridgehead atoms. The Morgan fingerprint density at radius 3 is 2.73 bits per heavy atom. The highest BCUT2D eigenvalue weighted by molar-refractivity contribution is 9.10. The number of nitrogens with two attached hydrogens (primary N) is 1. The molecule has 0 spiro atoms. The Kier molecular flexibility index (Phi) is 3.28. The number of aromatic nitrogens is 5. The van der Waals surface area contributed by atoms with Gasteiger partial charge in [0.2, 0.25) is 5.95 Å². The van der Waals surface area contributed by atoms with Gasteiger partial charge in [0, 0.05) is 6.20 Å². The molecule has 0 fully saturated rings. The molecular weight excluding hydrogens is 348 g/mol. The maximum atomic E-state index is 10.4. The van der Waals surface area contributed by atoms with Gasteiger partial charge < -0.3 is 15.4 Å². The van der Waals surface area contributed by atoms with Gasteiger partial charge in [0.25, 0.3) is 0 Å². The molecular formula is C14H15BrN6O. The highest BCUT2D eigenvalue weighted by Gasteiger charge is 2.31. The minimum Gasteiger partial charge on any atom is -0.506 e. The number of nitrogens with zero attached hydrogens (tertiary/aromatic N) is 5. The van der Waals surface area contributed by atoms with E-state index in [4.69, 9.17) is 5.73 Å². The minimum atomic E-state index is -0.662. The van der Waals surface area contributed by atoms with E-state index < -0.39 is 5.54 Å². The third-order valence-electron chi connectivity index (χ3n) is 3.68. The predicted octanol–water partition coefficient (Wildman–Crippen LogP) is 2.36. The van der Waals surface area contributed by atoms with Crippen molar-refractivity contribution in [1.82, 2.24) is 24.5 Å². The summed E-state index contributed by atoms with van der Waals surface area (Å²) in [6.45, 7) is 5.70. The lowest BCUT2D eigenvalue weighted by molar-refractivity contribution is 0.387. The highest BCUT2D eigenvalue weighted by atomic mass is 79.9. The summed E-state index contributed by atoms with van der Waals surface area (Å²) in [6.07, 6.45) is 3.32. The van der Waals surface area contributed by atoms with Gasteiger partial charge in [0.05, 0.1) is 11.9 Å². The van der Waals surface area contributed by atoms with E-state index in [-0.39, 0.29) is 11.7 Å². The molecule has 0 atom stereocenters. The quantitative estimate of drug-likeness (QED) is 0.678. The molecule has 0 aliphatic rings. The first kappa shape index (κ1) is 14.7. The molecule has 3 aromatic rings. The average molecular weight is 363 g/mol. The van der Waals surface area contributed by atoms with Crippen LogP contribution < -0.4 is 5.73 Å². The fourth-order valence-corrected chi connectivity index (χ4v) is 2.86. The Hall–Kier alpha value is -2.22. The molecule has 3 heterocycles. The second-order valence-electron chi connectivity index (χ2n) is 5.54. The highest BCUT2D eigenvalue weighted by Crippen LogP contribution is 2.35. The van der Waals surface area contributed by atoms with Crippen LogP contribution in [0.15, 0.2) is 23.2 Å². The molecule has 3 rings (SSSR count). The van der Waals surface area contributed by atoms with Crippen LogP contribution in [0, 0.1) is 6.92 Å². The summed E-state index contributed by atoms with van der Waals surface area (Å²) in [5.74, 6) is 0.314. The zero-order chi connectivity index (χ0) is 16.1. The van der Waals surface area contributed by atoms with E-state index in [1.165, 1.54) is 0 Å². The van der Waals surface area contributed by atoms with E-state index >= 15 is 0 Å². The molecule has 0 saturated heterocycles. The Balaban J connectivity index is 2.27. The summed E-state index contributed by atoms with van der Waals surface area (Å²) in [5, 5.41) is 10.4. The number of hydrogen-bond acceptors (Lipinski definition) is 6. The molecule has 0 radical (unpaired) electrons. The molecule has 0 aliphatic carbocycles. The van der Waals surface area contributed by atoms with Gasteiger partial charge in [-0.15, -0.1) is 0 Å². The summed E-state index contributed by atoms with van der Waals surface area (Å²) in [5.41, 5.74) is 7.55. The summed E-state index contributed by atoms with van der Waals surface area (Å²) in [4.78, 5) is 17.0. The number of halogens is 1. The lowest BCUT2D eigenvalue weighted by Crippen LogP contribution is -2.29. The average Bonchev–Trinajstić information content (AvgIpc) is 2.86. The van der Waals surface area contributed by atoms with E-state index in [1.807, 2.05) is 25.3 Å². The Labute approximate surface area is 135 Å². The van der Waals surface area contributed by atoms with Crippen molar-refractivity contribution >= 4 is 33.0 Å². The minimum absolute atomic E-state index is 0.151. The summed E-state index contributed by atoms with van der Waals surface area (Å²) in [7, 11) is 0. The van der Waals surface area contributed by atoms with Crippen LogP contribution >= 0.6 is 15.9 Å². The standard InChI is InChI=1S/C14H15BrN6O/c1-7-4-5-17-10(9(7)22)14(2,3)21-6-18-8-11(15)19-13(16)20-12(8)21/h4-6,22H,1-3H3,(H2,16,19,20). The lowest BCUT2D eigenvalue weighted by Gasteiger charge is -2.27. The molecule has 114 valence electrons. The number of aryl methyl sites for hydroxylation is 1. The van der Waals surface area contributed by atoms with Gasteiger partial charge in [0.1, 0.15) is 21.6 Å². The molecule has 0 amide bonds. The third kappa shape index (κ3) is 2.10. The van der Waals surface area contributed by atoms with E-state index in [0.29, 0.717) is 21.5 Å². The van der Waals surface area contributed by atoms with Gasteiger partial charge in [0.15, 0.2) is 5.65 Å². The number of nitrogen functional groups attached to an aromatic ring is 1. The maximum Gasteiger partial charge on any atom is 0.223 e. The van der Waals surface area contributed by atoms with Crippen LogP contribution in [-0.2, 0) is 5.54 Å². The van der Waals surface area contributed by atoms with Crippen LogP contribution in [0.5, 0.6) is 5.75 Å². The molecule has 0 saturated carbocycles. The van der Waals surface area contributed by atoms with Gasteiger partial charge in [-0.1, -0.05) is 0 Å². The topological polar surface area (TPSA) is 103 Å². The van der Waals surface area contributed by atoms with Crippen molar-refractivity contribution in [1.29, 1.82) is 0 Å². The van der Waals surface area contributed by atoms with Gasteiger partial charge in [-0.25, -0.2) is 9.97 Å². The molecule has 7 nitrogen and oxygen atoms in total. The van der Waals surface area contributed by atoms with Crippen LogP contribution in [0.25, 0.3) is 11.2 Å². The van der Waals surface area contributed by atoms with Crippen LogP contribution in [0.1, 0.15) is 25.1 Å². The monoisotopic (exact) mass is 362 g/mol. The first-order valence-corrected chi connectivity index (χ1v) is 7.43. The fraction of sp³-hybridized carbons (Fsp3) is 0.286. The van der Waals surface area contributed by atoms with Crippen molar-refractivity contribution in [3.05, 3.63) is 34.5 Å². The Morgan fingerprint density at radius 1 is 1.27 bits per heavy atom.